The van der Waals surface area contributed by atoms with Crippen LogP contribution in [0.25, 0.3) is 0 Å². The molecule has 3 N–H and O–H groups in total. The van der Waals surface area contributed by atoms with Crippen molar-refractivity contribution in [2.24, 2.45) is 0 Å². The van der Waals surface area contributed by atoms with Gasteiger partial charge in [-0.2, -0.15) is 0 Å². The molecule has 1 amide bonds. The lowest BCUT2D eigenvalue weighted by atomic mass is 10.3. The van der Waals surface area contributed by atoms with Gasteiger partial charge in [0, 0.05) is 0 Å². The van der Waals surface area contributed by atoms with E-state index in [2.05, 4.69) is 5.32 Å². The standard InChI is InChI=1S/C9H11NO4S2/c11-4-6(9(13)14)10-7(12)5-16-8-2-1-3-15-8/h1-3,6,11H,4-5H2,(H,10,12)(H,13,14). The number of amides is 1. The zero-order chi connectivity index (χ0) is 12.0. The lowest BCUT2D eigenvalue weighted by molar-refractivity contribution is -0.142. The minimum absolute atomic E-state index is 0.143. The van der Waals surface area contributed by atoms with Crippen LogP contribution in [0.15, 0.2) is 21.7 Å². The van der Waals surface area contributed by atoms with Crippen LogP contribution in [0.4, 0.5) is 0 Å². The molecule has 7 heteroatoms. The molecular formula is C9H11NO4S2. The number of nitrogens with one attached hydrogen (secondary N) is 1. The average molecular weight is 261 g/mol. The summed E-state index contributed by atoms with van der Waals surface area (Å²) >= 11 is 2.84. The average Bonchev–Trinajstić information content (AvgIpc) is 2.75. The van der Waals surface area contributed by atoms with E-state index in [1.54, 1.807) is 0 Å². The number of hydrogen-bond acceptors (Lipinski definition) is 5. The molecule has 1 rings (SSSR count). The highest BCUT2D eigenvalue weighted by Crippen LogP contribution is 2.22. The maximum Gasteiger partial charge on any atom is 0.328 e. The Morgan fingerprint density at radius 3 is 2.81 bits per heavy atom. The topological polar surface area (TPSA) is 86.6 Å². The van der Waals surface area contributed by atoms with Crippen molar-refractivity contribution in [1.82, 2.24) is 5.32 Å². The molecule has 1 heterocycles. The lowest BCUT2D eigenvalue weighted by Crippen LogP contribution is -2.44. The van der Waals surface area contributed by atoms with Gasteiger partial charge in [0.1, 0.15) is 6.04 Å². The third-order valence-corrected chi connectivity index (χ3v) is 3.79. The van der Waals surface area contributed by atoms with Crippen molar-refractivity contribution in [3.8, 4) is 0 Å². The van der Waals surface area contributed by atoms with Gasteiger partial charge in [-0.1, -0.05) is 6.07 Å². The molecule has 1 atom stereocenters. The van der Waals surface area contributed by atoms with Crippen LogP contribution in [0.2, 0.25) is 0 Å². The van der Waals surface area contributed by atoms with E-state index in [0.717, 1.165) is 4.21 Å². The number of carbonyl (C=O) groups is 2. The van der Waals surface area contributed by atoms with Gasteiger partial charge in [-0.3, -0.25) is 4.79 Å². The highest BCUT2D eigenvalue weighted by molar-refractivity contribution is 8.01. The van der Waals surface area contributed by atoms with Gasteiger partial charge in [0.25, 0.3) is 0 Å². The Kier molecular flexibility index (Phi) is 5.30. The highest BCUT2D eigenvalue weighted by atomic mass is 32.2. The van der Waals surface area contributed by atoms with Crippen molar-refractivity contribution in [2.75, 3.05) is 12.4 Å². The molecule has 0 radical (unpaired) electrons. The molecule has 0 aliphatic heterocycles. The molecule has 0 aliphatic rings. The molecule has 0 aromatic carbocycles. The maximum absolute atomic E-state index is 11.3. The predicted octanol–water partition coefficient (Wildman–Crippen LogP) is 0.402. The van der Waals surface area contributed by atoms with E-state index in [9.17, 15) is 9.59 Å². The molecule has 1 unspecified atom stereocenters. The van der Waals surface area contributed by atoms with E-state index >= 15 is 0 Å². The molecular weight excluding hydrogens is 250 g/mol. The van der Waals surface area contributed by atoms with Gasteiger partial charge in [-0.15, -0.1) is 23.1 Å². The van der Waals surface area contributed by atoms with Gasteiger partial charge in [0.15, 0.2) is 0 Å². The van der Waals surface area contributed by atoms with Crippen LogP contribution >= 0.6 is 23.1 Å². The monoisotopic (exact) mass is 261 g/mol. The summed E-state index contributed by atoms with van der Waals surface area (Å²) in [5.74, 6) is -1.50. The van der Waals surface area contributed by atoms with E-state index in [4.69, 9.17) is 10.2 Å². The van der Waals surface area contributed by atoms with Gasteiger partial charge >= 0.3 is 5.97 Å². The van der Waals surface area contributed by atoms with Crippen molar-refractivity contribution in [3.63, 3.8) is 0 Å². The number of thioether (sulfide) groups is 1. The van der Waals surface area contributed by atoms with Crippen molar-refractivity contribution >= 4 is 35.0 Å². The Morgan fingerprint density at radius 2 is 2.31 bits per heavy atom. The number of carboxylic acids is 1. The van der Waals surface area contributed by atoms with Crippen LogP contribution in [-0.4, -0.2) is 40.5 Å². The molecule has 0 fully saturated rings. The van der Waals surface area contributed by atoms with Crippen LogP contribution < -0.4 is 5.32 Å². The number of carbonyl (C=O) groups excluding carboxylic acids is 1. The fraction of sp³-hybridized carbons (Fsp3) is 0.333. The summed E-state index contributed by atoms with van der Waals surface area (Å²) in [6, 6.07) is 2.53. The fourth-order valence-electron chi connectivity index (χ4n) is 0.904. The predicted molar refractivity (Wildman–Crippen MR) is 61.7 cm³/mol. The molecule has 0 saturated carbocycles. The van der Waals surface area contributed by atoms with Gasteiger partial charge in [-0.25, -0.2) is 4.79 Å². The highest BCUT2D eigenvalue weighted by Gasteiger charge is 2.18. The fourth-order valence-corrected chi connectivity index (χ4v) is 2.50. The Balaban J connectivity index is 2.33. The van der Waals surface area contributed by atoms with Crippen LogP contribution in [0.3, 0.4) is 0 Å². The molecule has 0 saturated heterocycles. The molecule has 1 aromatic heterocycles. The van der Waals surface area contributed by atoms with Gasteiger partial charge in [-0.05, 0) is 11.4 Å². The summed E-state index contributed by atoms with van der Waals surface area (Å²) in [6.45, 7) is -0.606. The minimum atomic E-state index is -1.24. The number of aliphatic carboxylic acids is 1. The van der Waals surface area contributed by atoms with E-state index in [-0.39, 0.29) is 5.75 Å². The molecule has 88 valence electrons. The van der Waals surface area contributed by atoms with E-state index in [1.165, 1.54) is 23.1 Å². The summed E-state index contributed by atoms with van der Waals surface area (Å²) in [6.07, 6.45) is 0. The third-order valence-electron chi connectivity index (χ3n) is 1.66. The summed E-state index contributed by atoms with van der Waals surface area (Å²) in [7, 11) is 0. The van der Waals surface area contributed by atoms with E-state index < -0.39 is 24.5 Å². The molecule has 1 aromatic rings. The molecule has 5 nitrogen and oxygen atoms in total. The SMILES string of the molecule is O=C(CSc1cccs1)NC(CO)C(=O)O. The largest absolute Gasteiger partial charge is 0.480 e. The summed E-state index contributed by atoms with van der Waals surface area (Å²) in [4.78, 5) is 21.8. The number of carboxylic acid groups (broad SMARTS) is 1. The third kappa shape index (κ3) is 4.21. The first-order valence-corrected chi connectivity index (χ1v) is 6.29. The second-order valence-corrected chi connectivity index (χ2v) is 5.08. The normalized spacial score (nSPS) is 12.1. The first-order valence-electron chi connectivity index (χ1n) is 4.43. The van der Waals surface area contributed by atoms with Crippen LogP contribution in [0, 0.1) is 0 Å². The summed E-state index contributed by atoms with van der Waals surface area (Å²) < 4.78 is 0.992. The smallest absolute Gasteiger partial charge is 0.328 e. The zero-order valence-electron chi connectivity index (χ0n) is 8.25. The van der Waals surface area contributed by atoms with Crippen LogP contribution in [0.1, 0.15) is 0 Å². The van der Waals surface area contributed by atoms with Gasteiger partial charge < -0.3 is 15.5 Å². The van der Waals surface area contributed by atoms with Gasteiger partial charge in [0.05, 0.1) is 16.6 Å². The molecule has 0 aliphatic carbocycles. The first-order chi connectivity index (χ1) is 7.63. The molecule has 16 heavy (non-hydrogen) atoms. The minimum Gasteiger partial charge on any atom is -0.480 e. The van der Waals surface area contributed by atoms with Crippen molar-refractivity contribution < 1.29 is 19.8 Å². The quantitative estimate of drug-likeness (QED) is 0.645. The van der Waals surface area contributed by atoms with Crippen molar-refractivity contribution in [1.29, 1.82) is 0 Å². The first kappa shape index (κ1) is 13.0. The number of aliphatic hydroxyl groups excluding tert-OH is 1. The van der Waals surface area contributed by atoms with Crippen LogP contribution in [-0.2, 0) is 9.59 Å². The number of thiophene rings is 1. The number of rotatable bonds is 6. The zero-order valence-corrected chi connectivity index (χ0v) is 9.88. The molecule has 0 spiro atoms. The van der Waals surface area contributed by atoms with Gasteiger partial charge in [0.2, 0.25) is 5.91 Å². The van der Waals surface area contributed by atoms with E-state index in [1.807, 2.05) is 17.5 Å². The Morgan fingerprint density at radius 1 is 1.56 bits per heavy atom. The van der Waals surface area contributed by atoms with Crippen molar-refractivity contribution in [2.45, 2.75) is 10.3 Å². The second-order valence-electron chi connectivity index (χ2n) is 2.86. The Labute approximate surface area is 100 Å². The van der Waals surface area contributed by atoms with Crippen molar-refractivity contribution in [3.05, 3.63) is 17.5 Å². The Bertz CT molecular complexity index is 352. The summed E-state index contributed by atoms with van der Waals surface area (Å²) in [5, 5.41) is 21.4. The summed E-state index contributed by atoms with van der Waals surface area (Å²) in [5.41, 5.74) is 0. The van der Waals surface area contributed by atoms with Crippen LogP contribution in [0.5, 0.6) is 0 Å². The van der Waals surface area contributed by atoms with E-state index in [0.29, 0.717) is 0 Å². The number of aliphatic hydroxyl groups is 1. The maximum atomic E-state index is 11.3. The lowest BCUT2D eigenvalue weighted by Gasteiger charge is -2.10. The second kappa shape index (κ2) is 6.51. The molecule has 0 bridgehead atoms. The Hall–Kier alpha value is -1.05. The number of hydrogen-bond donors (Lipinski definition) is 3.